The van der Waals surface area contributed by atoms with Gasteiger partial charge in [0.05, 0.1) is 6.61 Å². The molecule has 1 saturated heterocycles. The van der Waals surface area contributed by atoms with E-state index in [9.17, 15) is 4.79 Å². The molecule has 1 aliphatic rings. The van der Waals surface area contributed by atoms with Crippen LogP contribution in [-0.4, -0.2) is 48.2 Å². The smallest absolute Gasteiger partial charge is 0.324 e. The normalized spacial score (nSPS) is 21.2. The number of esters is 1. The number of nitrogens with one attached hydrogen (secondary N) is 1. The maximum Gasteiger partial charge on any atom is 0.324 e. The SMILES string of the molecule is CCOC(=O)C(CN1CCCC1(C)C)NC(C)C. The summed E-state index contributed by atoms with van der Waals surface area (Å²) in [6.45, 7) is 12.7. The van der Waals surface area contributed by atoms with Crippen LogP contribution in [0.25, 0.3) is 0 Å². The van der Waals surface area contributed by atoms with Gasteiger partial charge in [-0.3, -0.25) is 9.69 Å². The van der Waals surface area contributed by atoms with Gasteiger partial charge in [0, 0.05) is 18.1 Å². The van der Waals surface area contributed by atoms with Gasteiger partial charge in [-0.25, -0.2) is 0 Å². The summed E-state index contributed by atoms with van der Waals surface area (Å²) in [6.07, 6.45) is 2.41. The number of hydrogen-bond acceptors (Lipinski definition) is 4. The predicted octanol–water partition coefficient (Wildman–Crippen LogP) is 1.79. The Kier molecular flexibility index (Phi) is 5.60. The minimum absolute atomic E-state index is 0.131. The molecule has 0 aromatic heterocycles. The van der Waals surface area contributed by atoms with Crippen LogP contribution in [0.2, 0.25) is 0 Å². The quantitative estimate of drug-likeness (QED) is 0.736. The topological polar surface area (TPSA) is 41.6 Å². The Morgan fingerprint density at radius 2 is 2.11 bits per heavy atom. The number of carbonyl (C=O) groups is 1. The largest absolute Gasteiger partial charge is 0.465 e. The monoisotopic (exact) mass is 256 g/mol. The summed E-state index contributed by atoms with van der Waals surface area (Å²) < 4.78 is 5.16. The summed E-state index contributed by atoms with van der Waals surface area (Å²) in [4.78, 5) is 14.4. The molecule has 0 amide bonds. The zero-order chi connectivity index (χ0) is 13.8. The van der Waals surface area contributed by atoms with E-state index in [0.717, 1.165) is 13.1 Å². The van der Waals surface area contributed by atoms with Crippen molar-refractivity contribution in [1.82, 2.24) is 10.2 Å². The van der Waals surface area contributed by atoms with Crippen molar-refractivity contribution in [2.24, 2.45) is 0 Å². The first kappa shape index (κ1) is 15.4. The van der Waals surface area contributed by atoms with E-state index in [1.807, 2.05) is 6.92 Å². The second-order valence-corrected chi connectivity index (χ2v) is 5.99. The average molecular weight is 256 g/mol. The molecule has 1 aliphatic heterocycles. The van der Waals surface area contributed by atoms with Crippen molar-refractivity contribution in [2.75, 3.05) is 19.7 Å². The van der Waals surface area contributed by atoms with E-state index < -0.39 is 0 Å². The number of ether oxygens (including phenoxy) is 1. The summed E-state index contributed by atoms with van der Waals surface area (Å²) in [5.74, 6) is -0.131. The van der Waals surface area contributed by atoms with Crippen molar-refractivity contribution in [3.8, 4) is 0 Å². The van der Waals surface area contributed by atoms with Gasteiger partial charge in [0.2, 0.25) is 0 Å². The van der Waals surface area contributed by atoms with E-state index in [1.165, 1.54) is 12.8 Å². The lowest BCUT2D eigenvalue weighted by molar-refractivity contribution is -0.146. The fraction of sp³-hybridized carbons (Fsp3) is 0.929. The zero-order valence-corrected chi connectivity index (χ0v) is 12.5. The molecule has 0 aliphatic carbocycles. The van der Waals surface area contributed by atoms with Crippen molar-refractivity contribution in [2.45, 2.75) is 65.1 Å². The molecule has 1 unspecified atom stereocenters. The van der Waals surface area contributed by atoms with Crippen LogP contribution in [0.3, 0.4) is 0 Å². The predicted molar refractivity (Wildman–Crippen MR) is 73.6 cm³/mol. The van der Waals surface area contributed by atoms with E-state index in [-0.39, 0.29) is 23.6 Å². The third kappa shape index (κ3) is 4.25. The maximum atomic E-state index is 12.0. The molecule has 1 fully saturated rings. The third-order valence-electron chi connectivity index (χ3n) is 3.58. The summed E-state index contributed by atoms with van der Waals surface area (Å²) in [5, 5.41) is 3.31. The Balaban J connectivity index is 2.63. The Hall–Kier alpha value is -0.610. The Morgan fingerprint density at radius 1 is 1.44 bits per heavy atom. The fourth-order valence-corrected chi connectivity index (χ4v) is 2.56. The number of likely N-dealkylation sites (tertiary alicyclic amines) is 1. The van der Waals surface area contributed by atoms with Crippen LogP contribution in [-0.2, 0) is 9.53 Å². The van der Waals surface area contributed by atoms with Gasteiger partial charge in [-0.15, -0.1) is 0 Å². The van der Waals surface area contributed by atoms with Crippen LogP contribution in [0.1, 0.15) is 47.5 Å². The van der Waals surface area contributed by atoms with Crippen molar-refractivity contribution < 1.29 is 9.53 Å². The van der Waals surface area contributed by atoms with Gasteiger partial charge >= 0.3 is 5.97 Å². The molecule has 0 spiro atoms. The molecule has 0 aromatic carbocycles. The van der Waals surface area contributed by atoms with Crippen LogP contribution < -0.4 is 5.32 Å². The molecule has 1 rings (SSSR count). The van der Waals surface area contributed by atoms with E-state index in [1.54, 1.807) is 0 Å². The van der Waals surface area contributed by atoms with Crippen LogP contribution in [0.4, 0.5) is 0 Å². The highest BCUT2D eigenvalue weighted by Gasteiger charge is 2.35. The molecule has 0 radical (unpaired) electrons. The van der Waals surface area contributed by atoms with Crippen molar-refractivity contribution in [3.63, 3.8) is 0 Å². The van der Waals surface area contributed by atoms with Crippen molar-refractivity contribution >= 4 is 5.97 Å². The van der Waals surface area contributed by atoms with Crippen molar-refractivity contribution in [1.29, 1.82) is 0 Å². The summed E-state index contributed by atoms with van der Waals surface area (Å²) in [5.41, 5.74) is 0.198. The highest BCUT2D eigenvalue weighted by atomic mass is 16.5. The first-order chi connectivity index (χ1) is 8.36. The molecule has 18 heavy (non-hydrogen) atoms. The van der Waals surface area contributed by atoms with Gasteiger partial charge in [0.15, 0.2) is 0 Å². The van der Waals surface area contributed by atoms with Gasteiger partial charge in [-0.1, -0.05) is 13.8 Å². The summed E-state index contributed by atoms with van der Waals surface area (Å²) in [7, 11) is 0. The maximum absolute atomic E-state index is 12.0. The number of nitrogens with zero attached hydrogens (tertiary/aromatic N) is 1. The van der Waals surface area contributed by atoms with E-state index in [2.05, 4.69) is 37.9 Å². The molecule has 4 heteroatoms. The Labute approximate surface area is 111 Å². The Bertz CT molecular complexity index is 277. The summed E-state index contributed by atoms with van der Waals surface area (Å²) >= 11 is 0. The molecule has 4 nitrogen and oxygen atoms in total. The second-order valence-electron chi connectivity index (χ2n) is 5.99. The standard InChI is InChI=1S/C14H28N2O2/c1-6-18-13(17)12(15-11(2)3)10-16-9-7-8-14(16,4)5/h11-12,15H,6-10H2,1-5H3. The van der Waals surface area contributed by atoms with E-state index in [4.69, 9.17) is 4.74 Å². The molecule has 0 saturated carbocycles. The number of hydrogen-bond donors (Lipinski definition) is 1. The van der Waals surface area contributed by atoms with E-state index >= 15 is 0 Å². The lowest BCUT2D eigenvalue weighted by atomic mass is 10.0. The molecule has 1 heterocycles. The molecular weight excluding hydrogens is 228 g/mol. The third-order valence-corrected chi connectivity index (χ3v) is 3.58. The molecule has 1 N–H and O–H groups in total. The molecular formula is C14H28N2O2. The molecule has 1 atom stereocenters. The zero-order valence-electron chi connectivity index (χ0n) is 12.5. The molecule has 0 bridgehead atoms. The van der Waals surface area contributed by atoms with Crippen LogP contribution >= 0.6 is 0 Å². The highest BCUT2D eigenvalue weighted by Crippen LogP contribution is 2.28. The fourth-order valence-electron chi connectivity index (χ4n) is 2.56. The summed E-state index contributed by atoms with van der Waals surface area (Å²) in [6, 6.07) is 0.0625. The van der Waals surface area contributed by atoms with Gasteiger partial charge < -0.3 is 10.1 Å². The molecule has 0 aromatic rings. The van der Waals surface area contributed by atoms with Gasteiger partial charge in [-0.2, -0.15) is 0 Å². The van der Waals surface area contributed by atoms with Crippen LogP contribution in [0.5, 0.6) is 0 Å². The second kappa shape index (κ2) is 6.53. The average Bonchev–Trinajstić information content (AvgIpc) is 2.57. The van der Waals surface area contributed by atoms with Crippen LogP contribution in [0.15, 0.2) is 0 Å². The van der Waals surface area contributed by atoms with Crippen LogP contribution in [0, 0.1) is 0 Å². The molecule has 106 valence electrons. The first-order valence-corrected chi connectivity index (χ1v) is 7.04. The number of carbonyl (C=O) groups excluding carboxylic acids is 1. The highest BCUT2D eigenvalue weighted by molar-refractivity contribution is 5.76. The van der Waals surface area contributed by atoms with Gasteiger partial charge in [-0.05, 0) is 40.2 Å². The lowest BCUT2D eigenvalue weighted by Gasteiger charge is -2.34. The minimum Gasteiger partial charge on any atom is -0.465 e. The Morgan fingerprint density at radius 3 is 2.56 bits per heavy atom. The van der Waals surface area contributed by atoms with Gasteiger partial charge in [0.25, 0.3) is 0 Å². The number of rotatable bonds is 6. The lowest BCUT2D eigenvalue weighted by Crippen LogP contribution is -2.52. The van der Waals surface area contributed by atoms with E-state index in [0.29, 0.717) is 6.61 Å². The van der Waals surface area contributed by atoms with Gasteiger partial charge in [0.1, 0.15) is 6.04 Å². The van der Waals surface area contributed by atoms with Crippen molar-refractivity contribution in [3.05, 3.63) is 0 Å². The first-order valence-electron chi connectivity index (χ1n) is 7.04. The minimum atomic E-state index is -0.220.